The van der Waals surface area contributed by atoms with Crippen LogP contribution in [0.2, 0.25) is 5.02 Å². The third-order valence-electron chi connectivity index (χ3n) is 5.31. The number of nitrogens with zero attached hydrogens (tertiary/aromatic N) is 2. The van der Waals surface area contributed by atoms with Gasteiger partial charge in [-0.05, 0) is 60.5 Å². The van der Waals surface area contributed by atoms with Crippen LogP contribution in [0.4, 0.5) is 5.69 Å². The van der Waals surface area contributed by atoms with E-state index in [0.717, 1.165) is 43.4 Å². The normalized spacial score (nSPS) is 16.6. The highest BCUT2D eigenvalue weighted by Gasteiger charge is 2.26. The zero-order valence-corrected chi connectivity index (χ0v) is 19.1. The molecule has 0 aliphatic carbocycles. The van der Waals surface area contributed by atoms with E-state index in [9.17, 15) is 0 Å². The quantitative estimate of drug-likeness (QED) is 0.646. The first-order valence-electron chi connectivity index (χ1n) is 10.3. The smallest absolute Gasteiger partial charge is 0.172 e. The Bertz CT molecular complexity index is 801. The molecule has 0 radical (unpaired) electrons. The lowest BCUT2D eigenvalue weighted by Crippen LogP contribution is -2.58. The molecule has 29 heavy (non-hydrogen) atoms. The monoisotopic (exact) mass is 430 g/mol. The number of piperazine rings is 1. The summed E-state index contributed by atoms with van der Waals surface area (Å²) in [6.45, 7) is 11.7. The minimum atomic E-state index is 0.220. The van der Waals surface area contributed by atoms with Crippen LogP contribution >= 0.6 is 23.8 Å². The molecule has 3 rings (SSSR count). The van der Waals surface area contributed by atoms with Crippen molar-refractivity contribution in [3.05, 3.63) is 64.7 Å². The van der Waals surface area contributed by atoms with Crippen LogP contribution in [0, 0.1) is 12.8 Å². The standard InChI is InChI=1S/C23H31ClN4S/c1-17(2)22(26-23(29)25-21-6-4-5-18(3)15-21)28-13-11-27(12-14-28)16-19-7-9-20(24)10-8-19/h4-10,15,17,22H,11-14,16H2,1-3H3,(H2,25,26,29). The first-order valence-corrected chi connectivity index (χ1v) is 11.0. The van der Waals surface area contributed by atoms with E-state index < -0.39 is 0 Å². The second-order valence-electron chi connectivity index (χ2n) is 8.10. The van der Waals surface area contributed by atoms with Crippen LogP contribution in [0.25, 0.3) is 0 Å². The first-order chi connectivity index (χ1) is 13.9. The number of hydrogen-bond acceptors (Lipinski definition) is 3. The molecule has 1 fully saturated rings. The summed E-state index contributed by atoms with van der Waals surface area (Å²) in [5, 5.41) is 8.33. The van der Waals surface area contributed by atoms with Gasteiger partial charge in [0.25, 0.3) is 0 Å². The number of halogens is 1. The van der Waals surface area contributed by atoms with Gasteiger partial charge >= 0.3 is 0 Å². The van der Waals surface area contributed by atoms with Gasteiger partial charge in [0.05, 0.1) is 6.17 Å². The summed E-state index contributed by atoms with van der Waals surface area (Å²) >= 11 is 11.6. The Morgan fingerprint density at radius 1 is 1.07 bits per heavy atom. The van der Waals surface area contributed by atoms with Crippen molar-refractivity contribution in [3.8, 4) is 0 Å². The summed E-state index contributed by atoms with van der Waals surface area (Å²) in [5.41, 5.74) is 3.55. The van der Waals surface area contributed by atoms with Gasteiger partial charge in [0.2, 0.25) is 0 Å². The highest BCUT2D eigenvalue weighted by atomic mass is 35.5. The van der Waals surface area contributed by atoms with Gasteiger partial charge in [0.1, 0.15) is 0 Å². The van der Waals surface area contributed by atoms with Crippen LogP contribution in [-0.4, -0.2) is 47.3 Å². The molecular formula is C23H31ClN4S. The van der Waals surface area contributed by atoms with Crippen molar-refractivity contribution in [1.82, 2.24) is 15.1 Å². The Morgan fingerprint density at radius 3 is 2.38 bits per heavy atom. The van der Waals surface area contributed by atoms with Gasteiger partial charge in [-0.1, -0.05) is 49.7 Å². The number of rotatable bonds is 6. The molecule has 1 saturated heterocycles. The average Bonchev–Trinajstić information content (AvgIpc) is 2.68. The maximum Gasteiger partial charge on any atom is 0.172 e. The van der Waals surface area contributed by atoms with Gasteiger partial charge in [0, 0.05) is 43.4 Å². The van der Waals surface area contributed by atoms with E-state index in [1.165, 1.54) is 11.1 Å². The maximum absolute atomic E-state index is 6.00. The minimum Gasteiger partial charge on any atom is -0.347 e. The zero-order valence-electron chi connectivity index (χ0n) is 17.5. The summed E-state index contributed by atoms with van der Waals surface area (Å²) in [4.78, 5) is 5.01. The van der Waals surface area contributed by atoms with Gasteiger partial charge in [-0.2, -0.15) is 0 Å². The second-order valence-corrected chi connectivity index (χ2v) is 8.94. The summed E-state index contributed by atoms with van der Waals surface area (Å²) in [6, 6.07) is 16.4. The van der Waals surface area contributed by atoms with Gasteiger partial charge in [-0.15, -0.1) is 0 Å². The molecule has 0 bridgehead atoms. The predicted octanol–water partition coefficient (Wildman–Crippen LogP) is 4.73. The largest absolute Gasteiger partial charge is 0.347 e. The molecule has 6 heteroatoms. The van der Waals surface area contributed by atoms with Crippen LogP contribution in [-0.2, 0) is 6.54 Å². The van der Waals surface area contributed by atoms with Gasteiger partial charge in [-0.25, -0.2) is 0 Å². The fourth-order valence-corrected chi connectivity index (χ4v) is 4.12. The van der Waals surface area contributed by atoms with E-state index in [4.69, 9.17) is 23.8 Å². The Hall–Kier alpha value is -1.66. The number of anilines is 1. The van der Waals surface area contributed by atoms with Crippen molar-refractivity contribution >= 4 is 34.6 Å². The third kappa shape index (κ3) is 6.68. The van der Waals surface area contributed by atoms with E-state index in [2.05, 4.69) is 65.5 Å². The third-order valence-corrected chi connectivity index (χ3v) is 5.78. The molecule has 2 aromatic rings. The Balaban J connectivity index is 1.52. The predicted molar refractivity (Wildman–Crippen MR) is 127 cm³/mol. The highest BCUT2D eigenvalue weighted by molar-refractivity contribution is 7.80. The van der Waals surface area contributed by atoms with Crippen molar-refractivity contribution in [2.75, 3.05) is 31.5 Å². The number of thiocarbonyl (C=S) groups is 1. The fraction of sp³-hybridized carbons (Fsp3) is 0.435. The molecule has 4 nitrogen and oxygen atoms in total. The Labute approximate surface area is 185 Å². The van der Waals surface area contributed by atoms with Crippen LogP contribution < -0.4 is 10.6 Å². The van der Waals surface area contributed by atoms with Crippen LogP contribution in [0.1, 0.15) is 25.0 Å². The van der Waals surface area contributed by atoms with E-state index in [-0.39, 0.29) is 6.17 Å². The Kier molecular flexibility index (Phi) is 7.90. The van der Waals surface area contributed by atoms with Crippen molar-refractivity contribution in [2.24, 2.45) is 5.92 Å². The molecule has 1 aliphatic heterocycles. The lowest BCUT2D eigenvalue weighted by atomic mass is 10.1. The molecule has 156 valence electrons. The molecule has 1 unspecified atom stereocenters. The van der Waals surface area contributed by atoms with E-state index >= 15 is 0 Å². The molecule has 1 heterocycles. The van der Waals surface area contributed by atoms with Crippen LogP contribution in [0.5, 0.6) is 0 Å². The molecule has 0 amide bonds. The summed E-state index contributed by atoms with van der Waals surface area (Å²) in [5.74, 6) is 0.454. The molecule has 0 aromatic heterocycles. The SMILES string of the molecule is Cc1cccc(NC(=S)NC(C(C)C)N2CCN(Cc3ccc(Cl)cc3)CC2)c1. The van der Waals surface area contributed by atoms with E-state index in [1.54, 1.807) is 0 Å². The summed E-state index contributed by atoms with van der Waals surface area (Å²) in [6.07, 6.45) is 0.220. The van der Waals surface area contributed by atoms with Gasteiger partial charge < -0.3 is 10.6 Å². The Morgan fingerprint density at radius 2 is 1.76 bits per heavy atom. The zero-order chi connectivity index (χ0) is 20.8. The highest BCUT2D eigenvalue weighted by Crippen LogP contribution is 2.16. The molecule has 1 aliphatic rings. The molecule has 0 spiro atoms. The number of hydrogen-bond donors (Lipinski definition) is 2. The fourth-order valence-electron chi connectivity index (χ4n) is 3.75. The molecule has 1 atom stereocenters. The molecule has 2 N–H and O–H groups in total. The summed E-state index contributed by atoms with van der Waals surface area (Å²) in [7, 11) is 0. The molecular weight excluding hydrogens is 400 g/mol. The molecule has 2 aromatic carbocycles. The van der Waals surface area contributed by atoms with E-state index in [0.29, 0.717) is 11.0 Å². The van der Waals surface area contributed by atoms with Crippen molar-refractivity contribution in [1.29, 1.82) is 0 Å². The van der Waals surface area contributed by atoms with Gasteiger partial charge in [0.15, 0.2) is 5.11 Å². The second kappa shape index (κ2) is 10.4. The van der Waals surface area contributed by atoms with Crippen LogP contribution in [0.3, 0.4) is 0 Å². The minimum absolute atomic E-state index is 0.220. The lowest BCUT2D eigenvalue weighted by molar-refractivity contribution is 0.0663. The first kappa shape index (κ1) is 22.0. The number of benzene rings is 2. The van der Waals surface area contributed by atoms with Gasteiger partial charge in [-0.3, -0.25) is 9.80 Å². The lowest BCUT2D eigenvalue weighted by Gasteiger charge is -2.41. The topological polar surface area (TPSA) is 30.5 Å². The average molecular weight is 431 g/mol. The van der Waals surface area contributed by atoms with Crippen molar-refractivity contribution < 1.29 is 0 Å². The van der Waals surface area contributed by atoms with Crippen molar-refractivity contribution in [2.45, 2.75) is 33.5 Å². The number of aryl methyl sites for hydroxylation is 1. The number of nitrogens with one attached hydrogen (secondary N) is 2. The summed E-state index contributed by atoms with van der Waals surface area (Å²) < 4.78 is 0. The maximum atomic E-state index is 6.00. The van der Waals surface area contributed by atoms with Crippen molar-refractivity contribution in [3.63, 3.8) is 0 Å². The van der Waals surface area contributed by atoms with E-state index in [1.807, 2.05) is 24.3 Å². The molecule has 0 saturated carbocycles. The van der Waals surface area contributed by atoms with Crippen LogP contribution in [0.15, 0.2) is 48.5 Å².